The molecule has 0 unspecified atom stereocenters. The van der Waals surface area contributed by atoms with E-state index in [1.54, 1.807) is 0 Å². The molecule has 40 radical (unpaired) electrons. The summed E-state index contributed by atoms with van der Waals surface area (Å²) in [5.41, 5.74) is 0. The summed E-state index contributed by atoms with van der Waals surface area (Å²) in [6.07, 6.45) is 0. The van der Waals surface area contributed by atoms with Crippen molar-refractivity contribution in [3.63, 3.8) is 0 Å². The van der Waals surface area contributed by atoms with Crippen LogP contribution in [-0.4, -0.2) is 218 Å². The van der Waals surface area contributed by atoms with Gasteiger partial charge in [0.1, 0.15) is 0 Å². The Morgan fingerprint density at radius 3 is 0.0367 bits per heavy atom. The molecule has 0 fully saturated rings. The van der Waals surface area contributed by atoms with Crippen LogP contribution in [-0.2, 0) is 1930 Å². The summed E-state index contributed by atoms with van der Waals surface area (Å²) in [6, 6.07) is 0. The Balaban J connectivity index is 0. The van der Waals surface area contributed by atoms with Gasteiger partial charge in [-0.25, -0.2) is 0 Å². The van der Waals surface area contributed by atoms with E-state index in [0.717, 1.165) is 0 Å². The van der Waals surface area contributed by atoms with Crippen LogP contribution in [0.5, 0.6) is 0 Å². The number of rotatable bonds is 0. The standard InChI is InChI=1S/8Cu.8Fe.8Pb.85Zn. The predicted octanol–water partition coefficient (Wildman–Crippen LogP) is -3.30. The van der Waals surface area contributed by atoms with Gasteiger partial charge >= 0.3 is 0 Å². The Kier molecular flexibility index (Phi) is 12500. The van der Waals surface area contributed by atoms with Gasteiger partial charge in [-0.3, -0.25) is 0 Å². The average molecular weight is 8170 g/mol. The molecule has 0 bridgehead atoms. The molecule has 0 saturated carbocycles. The second-order valence-electron chi connectivity index (χ2n) is 0. The van der Waals surface area contributed by atoms with Crippen molar-refractivity contribution in [3.05, 3.63) is 0 Å². The maximum absolute atomic E-state index is 0. The first-order valence-corrected chi connectivity index (χ1v) is 0. The van der Waals surface area contributed by atoms with Gasteiger partial charge in [-0.1, -0.05) is 0 Å². The fourth-order valence-electron chi connectivity index (χ4n) is 0. The Bertz CT molecular complexity index is 121. The van der Waals surface area contributed by atoms with Gasteiger partial charge in [-0.05, 0) is 0 Å². The van der Waals surface area contributed by atoms with E-state index < -0.39 is 0 Å². The number of hydrogen-bond acceptors (Lipinski definition) is 0. The third-order valence-corrected chi connectivity index (χ3v) is 0. The minimum atomic E-state index is 0. The van der Waals surface area contributed by atoms with E-state index in [9.17, 15) is 0 Å². The molecule has 0 aromatic heterocycles. The Morgan fingerprint density at radius 2 is 0.0367 bits per heavy atom. The second kappa shape index (κ2) is 1160. The first-order chi connectivity index (χ1) is 0. The minimum Gasteiger partial charge on any atom is 0 e. The molecule has 0 N–H and O–H groups in total. The summed E-state index contributed by atoms with van der Waals surface area (Å²) in [6.45, 7) is 0. The molecule has 0 aliphatic rings. The quantitative estimate of drug-likeness (QED) is 0.224. The van der Waals surface area contributed by atoms with Gasteiger partial charge in [0.05, 0.1) is 0 Å². The maximum atomic E-state index is 0. The zero-order valence-corrected chi connectivity index (χ0v) is 369. The SMILES string of the molecule is [Cu].[Cu].[Cu].[Cu].[Cu].[Cu].[Cu].[Cu].[Fe].[Fe].[Fe].[Fe].[Fe].[Fe].[Fe].[Fe].[Pb].[Pb].[Pb].[Pb].[Pb].[Pb].[Pb].[Pb].[Zn].[Zn].[Zn].[Zn].[Zn].[Zn].[Zn].[Zn].[Zn].[Zn].[Zn].[Zn].[Zn].[Zn].[Zn].[Zn].[Zn].[Zn].[Zn].[Zn].[Zn].[Zn].[Zn].[Zn].[Zn].[Zn].[Zn].[Zn].[Zn].[Zn].[Zn].[Zn].[Zn].[Zn].[Zn].[Zn].[Zn].[Zn].[Zn].[Zn].[Zn].[Zn].[Zn].[Zn].[Zn].[Zn].[Zn].[Zn].[Zn].[Zn].[Zn].[Zn].[Zn].[Zn].[Zn].[Zn].[Zn].[Zn].[Zn].[Zn].[Zn].[Zn].[Zn].[Zn].[Zn].[Zn].[Zn].[Zn].[Zn].[Zn].[Zn].[Zn].[Zn].[Zn].[Zn].[Zn].[Zn].[Zn].[Zn].[Zn].[Zn].[Zn].[Zn].[Zn].[Zn]. The van der Waals surface area contributed by atoms with Gasteiger partial charge in [0.15, 0.2) is 0 Å². The Morgan fingerprint density at radius 1 is 0.0367 bits per heavy atom. The van der Waals surface area contributed by atoms with Crippen molar-refractivity contribution in [2.45, 2.75) is 0 Å². The van der Waals surface area contributed by atoms with E-state index in [0.29, 0.717) is 0 Å². The van der Waals surface area contributed by atoms with Crippen LogP contribution in [0.2, 0.25) is 0 Å². The van der Waals surface area contributed by atoms with Crippen LogP contribution in [0.15, 0.2) is 0 Å². The molecule has 0 aliphatic heterocycles. The summed E-state index contributed by atoms with van der Waals surface area (Å²) in [4.78, 5) is 0. The molecule has 0 rings (SSSR count). The molecule has 109 heavy (non-hydrogen) atoms. The van der Waals surface area contributed by atoms with Crippen molar-refractivity contribution >= 4 is 218 Å². The van der Waals surface area contributed by atoms with Gasteiger partial charge in [0.25, 0.3) is 0 Å². The third-order valence-electron chi connectivity index (χ3n) is 0. The Labute approximate surface area is 2080 Å². The van der Waals surface area contributed by atoms with E-state index in [1.807, 2.05) is 0 Å². The summed E-state index contributed by atoms with van der Waals surface area (Å²) >= 11 is 0. The largest absolute Gasteiger partial charge is 0 e. The molecule has 0 atom stereocenters. The third kappa shape index (κ3) is 1140. The molecule has 354 valence electrons. The molecule has 0 saturated heterocycles. The predicted molar refractivity (Wildman–Crippen MR) is 46.0 cm³/mol. The van der Waals surface area contributed by atoms with Gasteiger partial charge in [-0.2, -0.15) is 0 Å². The zero-order chi connectivity index (χ0) is 0. The maximum Gasteiger partial charge on any atom is 0 e. The van der Waals surface area contributed by atoms with Crippen LogP contribution >= 0.6 is 0 Å². The van der Waals surface area contributed by atoms with Crippen molar-refractivity contribution < 1.29 is 1930 Å². The van der Waals surface area contributed by atoms with Crippen molar-refractivity contribution in [1.29, 1.82) is 0 Å². The van der Waals surface area contributed by atoms with E-state index >= 15 is 0 Å². The summed E-state index contributed by atoms with van der Waals surface area (Å²) in [5, 5.41) is 0. The average Bonchev–Trinajstić information content (AvgIpc) is 0. The minimum absolute atomic E-state index is 0. The van der Waals surface area contributed by atoms with Gasteiger partial charge < -0.3 is 0 Å². The van der Waals surface area contributed by atoms with Crippen molar-refractivity contribution in [2.75, 3.05) is 0 Å². The van der Waals surface area contributed by atoms with Gasteiger partial charge in [0.2, 0.25) is 0 Å². The van der Waals surface area contributed by atoms with Crippen molar-refractivity contribution in [2.24, 2.45) is 0 Å². The van der Waals surface area contributed by atoms with E-state index in [2.05, 4.69) is 0 Å². The topological polar surface area (TPSA) is 0 Å². The van der Waals surface area contributed by atoms with Gasteiger partial charge in [0, 0.05) is 2150 Å². The van der Waals surface area contributed by atoms with E-state index in [4.69, 9.17) is 0 Å². The molecular weight excluding hydrogens is 8170 g/mol. The van der Waals surface area contributed by atoms with Crippen LogP contribution in [0.4, 0.5) is 0 Å². The fourth-order valence-corrected chi connectivity index (χ4v) is 0. The molecule has 0 amide bonds. The molecule has 109 heteroatoms. The van der Waals surface area contributed by atoms with Crippen LogP contribution < -0.4 is 0 Å². The van der Waals surface area contributed by atoms with Gasteiger partial charge in [-0.15, -0.1) is 0 Å². The molecule has 0 aliphatic carbocycles. The van der Waals surface area contributed by atoms with Crippen LogP contribution in [0.3, 0.4) is 0 Å². The first kappa shape index (κ1) is 1180. The Hall–Kier alpha value is 68.7. The van der Waals surface area contributed by atoms with Crippen molar-refractivity contribution in [1.82, 2.24) is 0 Å². The molecule has 0 aromatic carbocycles. The molecule has 0 aromatic rings. The summed E-state index contributed by atoms with van der Waals surface area (Å²) < 4.78 is 0. The smallest absolute Gasteiger partial charge is 0 e. The normalized spacial score (nSPS) is 0. The first-order valence-electron chi connectivity index (χ1n) is 0. The van der Waals surface area contributed by atoms with Crippen LogP contribution in [0, 0.1) is 0 Å². The molecule has 0 heterocycles. The van der Waals surface area contributed by atoms with Crippen molar-refractivity contribution in [3.8, 4) is 0 Å². The second-order valence-corrected chi connectivity index (χ2v) is 0. The molecule has 0 nitrogen and oxygen atoms in total. The fraction of sp³-hybridized carbons (Fsp3) is 0. The van der Waals surface area contributed by atoms with E-state index in [1.165, 1.54) is 0 Å². The zero-order valence-electron chi connectivity index (χ0n) is 69.3. The van der Waals surface area contributed by atoms with E-state index in [-0.39, 0.29) is 2150 Å². The monoisotopic (exact) mass is 8050 g/mol. The molecule has 0 spiro atoms. The van der Waals surface area contributed by atoms with Crippen LogP contribution in [0.25, 0.3) is 0 Å². The summed E-state index contributed by atoms with van der Waals surface area (Å²) in [5.74, 6) is 0. The molecular formula is Cu8Fe8Pb8Zn85. The number of hydrogen-bond donors (Lipinski definition) is 0. The summed E-state index contributed by atoms with van der Waals surface area (Å²) in [7, 11) is 0. The van der Waals surface area contributed by atoms with Crippen LogP contribution in [0.1, 0.15) is 0 Å².